The first-order valence-corrected chi connectivity index (χ1v) is 15.5. The Bertz CT molecular complexity index is 1790. The van der Waals surface area contributed by atoms with Crippen molar-refractivity contribution < 1.29 is 18.7 Å². The molecule has 0 bridgehead atoms. The van der Waals surface area contributed by atoms with E-state index in [-0.39, 0.29) is 22.9 Å². The number of esters is 1. The molecule has 3 aliphatic rings. The maximum atomic E-state index is 16.2. The third-order valence-electron chi connectivity index (χ3n) is 9.53. The number of amides is 1. The van der Waals surface area contributed by atoms with Crippen molar-refractivity contribution in [3.05, 3.63) is 93.0 Å². The van der Waals surface area contributed by atoms with Crippen LogP contribution in [0.25, 0.3) is 11.0 Å². The molecule has 0 saturated carbocycles. The van der Waals surface area contributed by atoms with Gasteiger partial charge in [-0.1, -0.05) is 61.2 Å². The van der Waals surface area contributed by atoms with Crippen LogP contribution in [-0.4, -0.2) is 46.0 Å². The zero-order valence-corrected chi connectivity index (χ0v) is 25.4. The van der Waals surface area contributed by atoms with Crippen LogP contribution < -0.4 is 5.32 Å². The minimum atomic E-state index is -1.21. The molecule has 10 heteroatoms. The van der Waals surface area contributed by atoms with E-state index >= 15 is 4.39 Å². The molecule has 1 amide bonds. The van der Waals surface area contributed by atoms with Crippen molar-refractivity contribution in [3.63, 3.8) is 0 Å². The number of benzene rings is 3. The van der Waals surface area contributed by atoms with E-state index in [1.165, 1.54) is 13.2 Å². The molecular weight excluding hydrogens is 590 g/mol. The summed E-state index contributed by atoms with van der Waals surface area (Å²) in [7, 11) is 1.35. The summed E-state index contributed by atoms with van der Waals surface area (Å²) < 4.78 is 23.3. The number of halogens is 3. The number of imidazole rings is 1. The van der Waals surface area contributed by atoms with Gasteiger partial charge in [-0.25, -0.2) is 14.2 Å². The number of carbonyl (C=O) groups is 2. The molecular formula is C33H31Cl2FN4O3. The molecule has 1 spiro atoms. The average Bonchev–Trinajstić information content (AvgIpc) is 3.61. The summed E-state index contributed by atoms with van der Waals surface area (Å²) in [5, 5.41) is 3.63. The number of aryl methyl sites for hydroxylation is 1. The number of nitrogens with zero attached hydrogens (tertiary/aromatic N) is 3. The van der Waals surface area contributed by atoms with Crippen LogP contribution in [0.2, 0.25) is 10.0 Å². The Labute approximate surface area is 258 Å². The molecule has 1 N–H and O–H groups in total. The van der Waals surface area contributed by atoms with Gasteiger partial charge >= 0.3 is 5.97 Å². The maximum absolute atomic E-state index is 16.2. The lowest BCUT2D eigenvalue weighted by molar-refractivity contribution is -0.128. The first-order valence-electron chi connectivity index (χ1n) is 14.7. The minimum Gasteiger partial charge on any atom is -0.465 e. The molecule has 1 fully saturated rings. The number of ether oxygens (including phenoxy) is 1. The van der Waals surface area contributed by atoms with Gasteiger partial charge in [0.1, 0.15) is 17.2 Å². The van der Waals surface area contributed by atoms with Crippen LogP contribution in [0.1, 0.15) is 71.8 Å². The molecule has 4 atom stereocenters. The third-order valence-corrected chi connectivity index (χ3v) is 10.1. The molecule has 0 unspecified atom stereocenters. The molecule has 4 heterocycles. The highest BCUT2D eigenvalue weighted by Crippen LogP contribution is 2.64. The lowest BCUT2D eigenvalue weighted by Crippen LogP contribution is -2.52. The number of rotatable bonds is 6. The summed E-state index contributed by atoms with van der Waals surface area (Å²) in [6.07, 6.45) is 3.66. The topological polar surface area (TPSA) is 76.5 Å². The van der Waals surface area contributed by atoms with Crippen molar-refractivity contribution in [3.8, 4) is 0 Å². The number of hydrogen-bond acceptors (Lipinski definition) is 5. The van der Waals surface area contributed by atoms with Crippen LogP contribution in [0.5, 0.6) is 0 Å². The molecule has 0 aliphatic carbocycles. The molecule has 43 heavy (non-hydrogen) atoms. The van der Waals surface area contributed by atoms with Gasteiger partial charge in [0, 0.05) is 40.7 Å². The quantitative estimate of drug-likeness (QED) is 0.181. The second kappa shape index (κ2) is 10.6. The second-order valence-corrected chi connectivity index (χ2v) is 12.5. The molecule has 1 aromatic heterocycles. The predicted molar refractivity (Wildman–Crippen MR) is 164 cm³/mol. The molecule has 1 saturated heterocycles. The van der Waals surface area contributed by atoms with Gasteiger partial charge in [-0.2, -0.15) is 0 Å². The fourth-order valence-corrected chi connectivity index (χ4v) is 8.21. The van der Waals surface area contributed by atoms with Crippen molar-refractivity contribution in [2.24, 2.45) is 0 Å². The third kappa shape index (κ3) is 4.06. The van der Waals surface area contributed by atoms with E-state index in [1.807, 2.05) is 12.1 Å². The summed E-state index contributed by atoms with van der Waals surface area (Å²) in [5.41, 5.74) is 2.55. The number of methoxy groups -OCH3 is 1. The molecule has 7 nitrogen and oxygen atoms in total. The number of likely N-dealkylation sites (tertiary alicyclic amines) is 1. The van der Waals surface area contributed by atoms with E-state index in [4.69, 9.17) is 32.9 Å². The normalized spacial score (nSPS) is 24.2. The zero-order valence-electron chi connectivity index (χ0n) is 23.9. The molecule has 7 rings (SSSR count). The number of anilines is 1. The number of nitrogens with one attached hydrogen (secondary N) is 1. The van der Waals surface area contributed by atoms with E-state index in [0.29, 0.717) is 40.4 Å². The highest BCUT2D eigenvalue weighted by Gasteiger charge is 2.68. The first-order chi connectivity index (χ1) is 20.8. The van der Waals surface area contributed by atoms with E-state index in [1.54, 1.807) is 36.4 Å². The maximum Gasteiger partial charge on any atom is 0.337 e. The second-order valence-electron chi connectivity index (χ2n) is 11.6. The Hall–Kier alpha value is -3.46. The van der Waals surface area contributed by atoms with E-state index in [2.05, 4.69) is 21.7 Å². The number of hydrogen-bond donors (Lipinski definition) is 1. The largest absolute Gasteiger partial charge is 0.465 e. The molecule has 222 valence electrons. The van der Waals surface area contributed by atoms with Crippen LogP contribution in [0.4, 0.5) is 10.1 Å². The van der Waals surface area contributed by atoms with E-state index < -0.39 is 23.2 Å². The monoisotopic (exact) mass is 620 g/mol. The fraction of sp³-hybridized carbons (Fsp3) is 0.364. The van der Waals surface area contributed by atoms with Gasteiger partial charge in [0.25, 0.3) is 0 Å². The SMILES string of the molecule is CCCCCN1[C@H]2CCn3c(nc4cc(C(=O)OC)ccc43)[C@H]2[C@H](c2cccc(Cl)c2F)[C@]12C(=O)Nc1cc(Cl)ccc12. The Morgan fingerprint density at radius 3 is 2.79 bits per heavy atom. The Kier molecular flexibility index (Phi) is 6.99. The average molecular weight is 622 g/mol. The summed E-state index contributed by atoms with van der Waals surface area (Å²) in [5.74, 6) is -1.38. The first kappa shape index (κ1) is 28.3. The lowest BCUT2D eigenvalue weighted by atomic mass is 9.70. The molecule has 4 aromatic rings. The van der Waals surface area contributed by atoms with Crippen LogP contribution in [0, 0.1) is 5.82 Å². The lowest BCUT2D eigenvalue weighted by Gasteiger charge is -2.40. The summed E-state index contributed by atoms with van der Waals surface area (Å²) in [4.78, 5) is 34.3. The Morgan fingerprint density at radius 2 is 2.00 bits per heavy atom. The Morgan fingerprint density at radius 1 is 1.16 bits per heavy atom. The van der Waals surface area contributed by atoms with Crippen molar-refractivity contribution in [2.75, 3.05) is 19.0 Å². The van der Waals surface area contributed by atoms with Gasteiger partial charge in [0.05, 0.1) is 28.7 Å². The van der Waals surface area contributed by atoms with Gasteiger partial charge in [0.15, 0.2) is 0 Å². The van der Waals surface area contributed by atoms with Crippen LogP contribution in [0.3, 0.4) is 0 Å². The number of fused-ring (bicyclic) bond motifs is 7. The van der Waals surface area contributed by atoms with E-state index in [0.717, 1.165) is 42.6 Å². The smallest absolute Gasteiger partial charge is 0.337 e. The zero-order chi connectivity index (χ0) is 30.0. The number of aromatic nitrogens is 2. The van der Waals surface area contributed by atoms with Crippen LogP contribution >= 0.6 is 23.2 Å². The molecule has 3 aliphatic heterocycles. The van der Waals surface area contributed by atoms with Gasteiger partial charge in [0.2, 0.25) is 5.91 Å². The standard InChI is InChI=1S/C33H31Cl2FN4O3/c1-3-4-5-14-40-26-13-15-39-25-12-9-18(31(41)43-2)16-24(25)37-30(39)27(26)28(20-7-6-8-22(35)29(20)36)33(40)21-11-10-19(34)17-23(21)38-32(33)42/h6-12,16-17,26-28H,3-5,13-15H2,1-2H3,(H,38,42)/t26-,27+,28-,33+/m0/s1. The predicted octanol–water partition coefficient (Wildman–Crippen LogP) is 7.26. The molecule has 0 radical (unpaired) electrons. The van der Waals surface area contributed by atoms with Crippen molar-refractivity contribution >= 4 is 51.8 Å². The minimum absolute atomic E-state index is 0.00963. The molecule has 3 aromatic carbocycles. The van der Waals surface area contributed by atoms with E-state index in [9.17, 15) is 9.59 Å². The van der Waals surface area contributed by atoms with Gasteiger partial charge in [-0.15, -0.1) is 0 Å². The van der Waals surface area contributed by atoms with Gasteiger partial charge in [-0.3, -0.25) is 9.69 Å². The van der Waals surface area contributed by atoms with Crippen LogP contribution in [-0.2, 0) is 21.6 Å². The Balaban J connectivity index is 1.51. The van der Waals surface area contributed by atoms with Gasteiger partial charge < -0.3 is 14.6 Å². The number of carbonyl (C=O) groups excluding carboxylic acids is 2. The number of unbranched alkanes of at least 4 members (excludes halogenated alkanes) is 2. The summed E-state index contributed by atoms with van der Waals surface area (Å²) in [6, 6.07) is 15.8. The highest BCUT2D eigenvalue weighted by atomic mass is 35.5. The van der Waals surface area contributed by atoms with Crippen LogP contribution in [0.15, 0.2) is 54.6 Å². The highest BCUT2D eigenvalue weighted by molar-refractivity contribution is 6.31. The van der Waals surface area contributed by atoms with Crippen molar-refractivity contribution in [2.45, 2.75) is 62.6 Å². The van der Waals surface area contributed by atoms with Gasteiger partial charge in [-0.05, 0) is 61.3 Å². The van der Waals surface area contributed by atoms with Crippen molar-refractivity contribution in [1.82, 2.24) is 14.5 Å². The van der Waals surface area contributed by atoms with Crippen molar-refractivity contribution in [1.29, 1.82) is 0 Å². The fourth-order valence-electron chi connectivity index (χ4n) is 7.86. The summed E-state index contributed by atoms with van der Waals surface area (Å²) in [6.45, 7) is 3.48. The summed E-state index contributed by atoms with van der Waals surface area (Å²) >= 11 is 12.8.